The molecule has 5 nitrogen and oxygen atoms in total. The van der Waals surface area contributed by atoms with Gasteiger partial charge in [-0.15, -0.1) is 11.6 Å². The first-order chi connectivity index (χ1) is 10.3. The van der Waals surface area contributed by atoms with Crippen LogP contribution in [0.25, 0.3) is 11.5 Å². The molecule has 0 fully saturated rings. The summed E-state index contributed by atoms with van der Waals surface area (Å²) >= 11 is 5.82. The number of aryl methyl sites for hydroxylation is 1. The minimum Gasteiger partial charge on any atom is -0.444 e. The number of para-hydroxylation sites is 1. The lowest BCUT2D eigenvalue weighted by atomic mass is 10.2. The third kappa shape index (κ3) is 4.01. The summed E-state index contributed by atoms with van der Waals surface area (Å²) in [6.45, 7) is 7.23. The summed E-state index contributed by atoms with van der Waals surface area (Å²) in [6.07, 6.45) is -0.527. The first-order valence-corrected chi connectivity index (χ1v) is 7.45. The van der Waals surface area contributed by atoms with Crippen LogP contribution in [0, 0.1) is 6.92 Å². The highest BCUT2D eigenvalue weighted by Gasteiger charge is 2.19. The van der Waals surface area contributed by atoms with Gasteiger partial charge in [0, 0.05) is 0 Å². The van der Waals surface area contributed by atoms with Gasteiger partial charge in [0.15, 0.2) is 0 Å². The Morgan fingerprint density at radius 3 is 2.64 bits per heavy atom. The largest absolute Gasteiger partial charge is 0.444 e. The molecule has 1 heterocycles. The Hall–Kier alpha value is -2.01. The molecule has 0 bridgehead atoms. The van der Waals surface area contributed by atoms with Gasteiger partial charge in [-0.05, 0) is 39.8 Å². The predicted octanol–water partition coefficient (Wildman–Crippen LogP) is 4.74. The van der Waals surface area contributed by atoms with Crippen molar-refractivity contribution in [3.63, 3.8) is 0 Å². The number of oxazole rings is 1. The Bertz CT molecular complexity index is 674. The molecule has 0 aliphatic rings. The third-order valence-electron chi connectivity index (χ3n) is 2.81. The number of carbonyl (C=O) groups is 1. The predicted molar refractivity (Wildman–Crippen MR) is 86.1 cm³/mol. The fourth-order valence-electron chi connectivity index (χ4n) is 1.86. The number of alkyl halides is 1. The number of nitrogens with one attached hydrogen (secondary N) is 1. The molecule has 0 spiro atoms. The molecule has 22 heavy (non-hydrogen) atoms. The van der Waals surface area contributed by atoms with Crippen LogP contribution >= 0.6 is 11.6 Å². The molecule has 1 aromatic carbocycles. The lowest BCUT2D eigenvalue weighted by Gasteiger charge is -2.20. The van der Waals surface area contributed by atoms with Crippen LogP contribution in [0.1, 0.15) is 32.2 Å². The van der Waals surface area contributed by atoms with Crippen LogP contribution in [0.3, 0.4) is 0 Å². The number of hydrogen-bond acceptors (Lipinski definition) is 4. The van der Waals surface area contributed by atoms with Gasteiger partial charge < -0.3 is 9.15 Å². The standard InChI is InChI=1S/C16H19ClN2O3/c1-10-13(9-17)18-14(21-10)11-7-5-6-8-12(11)19-15(20)22-16(2,3)4/h5-8H,9H2,1-4H3,(H,19,20). The zero-order chi connectivity index (χ0) is 16.3. The summed E-state index contributed by atoms with van der Waals surface area (Å²) in [5, 5.41) is 2.72. The maximum atomic E-state index is 11.9. The topological polar surface area (TPSA) is 64.4 Å². The Morgan fingerprint density at radius 2 is 2.05 bits per heavy atom. The van der Waals surface area contributed by atoms with Gasteiger partial charge >= 0.3 is 6.09 Å². The Balaban J connectivity index is 2.28. The lowest BCUT2D eigenvalue weighted by molar-refractivity contribution is 0.0636. The summed E-state index contributed by atoms with van der Waals surface area (Å²) in [6, 6.07) is 7.24. The number of ether oxygens (including phenoxy) is 1. The van der Waals surface area contributed by atoms with Gasteiger partial charge in [-0.2, -0.15) is 0 Å². The van der Waals surface area contributed by atoms with Crippen LogP contribution in [0.2, 0.25) is 0 Å². The maximum Gasteiger partial charge on any atom is 0.412 e. The second-order valence-electron chi connectivity index (χ2n) is 5.83. The average molecular weight is 323 g/mol. The van der Waals surface area contributed by atoms with Crippen molar-refractivity contribution in [3.05, 3.63) is 35.7 Å². The van der Waals surface area contributed by atoms with E-state index in [4.69, 9.17) is 20.8 Å². The normalized spacial score (nSPS) is 11.3. The van der Waals surface area contributed by atoms with E-state index in [9.17, 15) is 4.79 Å². The second-order valence-corrected chi connectivity index (χ2v) is 6.10. The minimum absolute atomic E-state index is 0.275. The van der Waals surface area contributed by atoms with Crippen molar-refractivity contribution in [2.75, 3.05) is 5.32 Å². The first kappa shape index (κ1) is 16.4. The monoisotopic (exact) mass is 322 g/mol. The molecule has 0 saturated carbocycles. The zero-order valence-electron chi connectivity index (χ0n) is 13.1. The molecule has 2 rings (SSSR count). The molecular formula is C16H19ClN2O3. The van der Waals surface area contributed by atoms with E-state index in [2.05, 4.69) is 10.3 Å². The van der Waals surface area contributed by atoms with Crippen molar-refractivity contribution < 1.29 is 13.9 Å². The maximum absolute atomic E-state index is 11.9. The van der Waals surface area contributed by atoms with Crippen molar-refractivity contribution in [2.45, 2.75) is 39.2 Å². The van der Waals surface area contributed by atoms with Crippen molar-refractivity contribution in [3.8, 4) is 11.5 Å². The van der Waals surface area contributed by atoms with E-state index in [1.54, 1.807) is 13.0 Å². The molecular weight excluding hydrogens is 304 g/mol. The number of hydrogen-bond donors (Lipinski definition) is 1. The van der Waals surface area contributed by atoms with E-state index < -0.39 is 11.7 Å². The van der Waals surface area contributed by atoms with E-state index in [0.717, 1.165) is 0 Å². The molecule has 1 aromatic heterocycles. The summed E-state index contributed by atoms with van der Waals surface area (Å²) in [5.41, 5.74) is 1.36. The van der Waals surface area contributed by atoms with Crippen LogP contribution < -0.4 is 5.32 Å². The highest BCUT2D eigenvalue weighted by molar-refractivity contribution is 6.17. The van der Waals surface area contributed by atoms with Crippen molar-refractivity contribution in [1.29, 1.82) is 0 Å². The molecule has 0 aliphatic heterocycles. The molecule has 6 heteroatoms. The van der Waals surface area contributed by atoms with Crippen LogP contribution in [0.4, 0.5) is 10.5 Å². The summed E-state index contributed by atoms with van der Waals surface area (Å²) in [4.78, 5) is 16.3. The molecule has 0 atom stereocenters. The van der Waals surface area contributed by atoms with E-state index in [1.165, 1.54) is 0 Å². The van der Waals surface area contributed by atoms with Gasteiger partial charge in [0.1, 0.15) is 11.4 Å². The van der Waals surface area contributed by atoms with E-state index >= 15 is 0 Å². The van der Waals surface area contributed by atoms with Gasteiger partial charge in [-0.1, -0.05) is 12.1 Å². The number of benzene rings is 1. The lowest BCUT2D eigenvalue weighted by Crippen LogP contribution is -2.27. The van der Waals surface area contributed by atoms with Crippen LogP contribution in [0.15, 0.2) is 28.7 Å². The van der Waals surface area contributed by atoms with Crippen LogP contribution in [0.5, 0.6) is 0 Å². The molecule has 1 N–H and O–H groups in total. The SMILES string of the molecule is Cc1oc(-c2ccccc2NC(=O)OC(C)(C)C)nc1CCl. The van der Waals surface area contributed by atoms with E-state index in [1.807, 2.05) is 39.0 Å². The Labute approximate surface area is 134 Å². The minimum atomic E-state index is -0.565. The number of halogens is 1. The molecule has 2 aromatic rings. The first-order valence-electron chi connectivity index (χ1n) is 6.92. The van der Waals surface area contributed by atoms with Gasteiger partial charge in [0.25, 0.3) is 0 Å². The van der Waals surface area contributed by atoms with Crippen LogP contribution in [-0.4, -0.2) is 16.7 Å². The van der Waals surface area contributed by atoms with Crippen molar-refractivity contribution in [2.24, 2.45) is 0 Å². The molecule has 0 unspecified atom stereocenters. The summed E-state index contributed by atoms with van der Waals surface area (Å²) in [7, 11) is 0. The van der Waals surface area contributed by atoms with Gasteiger partial charge in [-0.25, -0.2) is 9.78 Å². The summed E-state index contributed by atoms with van der Waals surface area (Å²) < 4.78 is 10.9. The third-order valence-corrected chi connectivity index (χ3v) is 3.07. The smallest absolute Gasteiger partial charge is 0.412 e. The Morgan fingerprint density at radius 1 is 1.36 bits per heavy atom. The van der Waals surface area contributed by atoms with Crippen molar-refractivity contribution in [1.82, 2.24) is 4.98 Å². The van der Waals surface area contributed by atoms with Gasteiger partial charge in [-0.3, -0.25) is 5.32 Å². The molecule has 0 saturated heterocycles. The molecule has 0 aliphatic carbocycles. The number of anilines is 1. The quantitative estimate of drug-likeness (QED) is 0.829. The van der Waals surface area contributed by atoms with Gasteiger partial charge in [0.05, 0.1) is 22.8 Å². The van der Waals surface area contributed by atoms with Crippen molar-refractivity contribution >= 4 is 23.4 Å². The average Bonchev–Trinajstić information content (AvgIpc) is 2.78. The fraction of sp³-hybridized carbons (Fsp3) is 0.375. The fourth-order valence-corrected chi connectivity index (χ4v) is 2.11. The Kier molecular flexibility index (Phi) is 4.76. The van der Waals surface area contributed by atoms with E-state index in [0.29, 0.717) is 28.6 Å². The number of amides is 1. The number of aromatic nitrogens is 1. The zero-order valence-corrected chi connectivity index (χ0v) is 13.8. The molecule has 118 valence electrons. The highest BCUT2D eigenvalue weighted by Crippen LogP contribution is 2.29. The highest BCUT2D eigenvalue weighted by atomic mass is 35.5. The molecule has 0 radical (unpaired) electrons. The van der Waals surface area contributed by atoms with Crippen LogP contribution in [-0.2, 0) is 10.6 Å². The van der Waals surface area contributed by atoms with E-state index in [-0.39, 0.29) is 5.88 Å². The second kappa shape index (κ2) is 6.40. The van der Waals surface area contributed by atoms with Gasteiger partial charge in [0.2, 0.25) is 5.89 Å². The number of carbonyl (C=O) groups excluding carboxylic acids is 1. The molecule has 1 amide bonds. The number of nitrogens with zero attached hydrogens (tertiary/aromatic N) is 1. The summed E-state index contributed by atoms with van der Waals surface area (Å²) in [5.74, 6) is 1.36. The number of rotatable bonds is 3.